The molecule has 2 rings (SSSR count). The molecule has 4 heteroatoms. The van der Waals surface area contributed by atoms with Crippen molar-refractivity contribution in [1.82, 2.24) is 0 Å². The summed E-state index contributed by atoms with van der Waals surface area (Å²) in [6.07, 6.45) is 0. The first-order valence-corrected chi connectivity index (χ1v) is 4.44. The molecular weight excluding hydrogens is 182 g/mol. The quantitative estimate of drug-likeness (QED) is 0.431. The van der Waals surface area contributed by atoms with E-state index in [1.54, 1.807) is 6.07 Å². The minimum atomic E-state index is -0.169. The molecule has 3 N–H and O–H groups in total. The van der Waals surface area contributed by atoms with E-state index in [2.05, 4.69) is 0 Å². The van der Waals surface area contributed by atoms with Crippen molar-refractivity contribution in [3.63, 3.8) is 0 Å². The van der Waals surface area contributed by atoms with Crippen LogP contribution in [0.3, 0.4) is 0 Å². The van der Waals surface area contributed by atoms with Gasteiger partial charge in [0.15, 0.2) is 0 Å². The molecule has 0 aromatic heterocycles. The molecule has 0 bridgehead atoms. The summed E-state index contributed by atoms with van der Waals surface area (Å²) in [6.45, 7) is 3.14. The number of anilines is 1. The van der Waals surface area contributed by atoms with Crippen molar-refractivity contribution < 1.29 is 14.6 Å². The molecule has 1 aliphatic rings. The van der Waals surface area contributed by atoms with Crippen LogP contribution in [0.25, 0.3) is 0 Å². The first kappa shape index (κ1) is 9.15. The van der Waals surface area contributed by atoms with Gasteiger partial charge in [-0.25, -0.2) is 0 Å². The average Bonchev–Trinajstić information content (AvgIpc) is 2.87. The van der Waals surface area contributed by atoms with E-state index in [-0.39, 0.29) is 11.4 Å². The maximum Gasteiger partial charge on any atom is 0.146 e. The van der Waals surface area contributed by atoms with Crippen LogP contribution in [-0.4, -0.2) is 23.9 Å². The second-order valence-electron chi connectivity index (χ2n) is 3.75. The standard InChI is InChI=1S/C10H13NO3/c1-10(6-14-10)5-13-9-4-7(12)2-3-8(9)11/h2-4,12H,5-6,11H2,1H3. The maximum absolute atomic E-state index is 9.22. The predicted molar refractivity (Wildman–Crippen MR) is 52.4 cm³/mol. The predicted octanol–water partition coefficient (Wildman–Crippen LogP) is 1.14. The molecule has 1 unspecified atom stereocenters. The minimum absolute atomic E-state index is 0.149. The van der Waals surface area contributed by atoms with Crippen LogP contribution in [0, 0.1) is 0 Å². The summed E-state index contributed by atoms with van der Waals surface area (Å²) in [5.41, 5.74) is 6.01. The molecule has 1 atom stereocenters. The molecule has 1 fully saturated rings. The average molecular weight is 195 g/mol. The third-order valence-corrected chi connectivity index (χ3v) is 2.17. The van der Waals surface area contributed by atoms with Crippen LogP contribution in [0.2, 0.25) is 0 Å². The number of ether oxygens (including phenoxy) is 2. The highest BCUT2D eigenvalue weighted by molar-refractivity contribution is 5.55. The fourth-order valence-electron chi connectivity index (χ4n) is 1.08. The third-order valence-electron chi connectivity index (χ3n) is 2.17. The molecule has 0 spiro atoms. The van der Waals surface area contributed by atoms with Crippen molar-refractivity contribution in [2.75, 3.05) is 18.9 Å². The topological polar surface area (TPSA) is 68.0 Å². The van der Waals surface area contributed by atoms with Gasteiger partial charge in [-0.2, -0.15) is 0 Å². The Labute approximate surface area is 82.2 Å². The largest absolute Gasteiger partial charge is 0.508 e. The lowest BCUT2D eigenvalue weighted by Gasteiger charge is -2.10. The highest BCUT2D eigenvalue weighted by Gasteiger charge is 2.40. The second kappa shape index (κ2) is 3.06. The number of aromatic hydroxyl groups is 1. The maximum atomic E-state index is 9.22. The molecule has 76 valence electrons. The van der Waals surface area contributed by atoms with E-state index in [1.165, 1.54) is 12.1 Å². The second-order valence-corrected chi connectivity index (χ2v) is 3.75. The Hall–Kier alpha value is -1.42. The number of epoxide rings is 1. The Morgan fingerprint density at radius 2 is 2.36 bits per heavy atom. The normalized spacial score (nSPS) is 24.6. The molecule has 1 aromatic carbocycles. The zero-order valence-corrected chi connectivity index (χ0v) is 7.99. The van der Waals surface area contributed by atoms with E-state index in [1.807, 2.05) is 6.92 Å². The van der Waals surface area contributed by atoms with Crippen LogP contribution in [0.15, 0.2) is 18.2 Å². The van der Waals surface area contributed by atoms with Crippen molar-refractivity contribution in [3.05, 3.63) is 18.2 Å². The number of nitrogen functional groups attached to an aromatic ring is 1. The van der Waals surface area contributed by atoms with E-state index in [0.717, 1.165) is 0 Å². The van der Waals surface area contributed by atoms with Crippen molar-refractivity contribution >= 4 is 5.69 Å². The van der Waals surface area contributed by atoms with Gasteiger partial charge >= 0.3 is 0 Å². The highest BCUT2D eigenvalue weighted by Crippen LogP contribution is 2.30. The summed E-state index contributed by atoms with van der Waals surface area (Å²) in [5.74, 6) is 0.651. The Balaban J connectivity index is 2.04. The molecular formula is C10H13NO3. The summed E-state index contributed by atoms with van der Waals surface area (Å²) < 4.78 is 10.6. The molecule has 4 nitrogen and oxygen atoms in total. The van der Waals surface area contributed by atoms with Crippen LogP contribution in [0.1, 0.15) is 6.92 Å². The van der Waals surface area contributed by atoms with Crippen LogP contribution in [0.4, 0.5) is 5.69 Å². The van der Waals surface area contributed by atoms with Gasteiger partial charge in [-0.1, -0.05) is 0 Å². The number of phenols is 1. The van der Waals surface area contributed by atoms with Gasteiger partial charge in [0.25, 0.3) is 0 Å². The molecule has 1 saturated heterocycles. The molecule has 14 heavy (non-hydrogen) atoms. The smallest absolute Gasteiger partial charge is 0.146 e. The summed E-state index contributed by atoms with van der Waals surface area (Å²) >= 11 is 0. The van der Waals surface area contributed by atoms with Crippen LogP contribution in [0.5, 0.6) is 11.5 Å². The number of hydrogen-bond acceptors (Lipinski definition) is 4. The zero-order chi connectivity index (χ0) is 10.2. The molecule has 0 aliphatic carbocycles. The minimum Gasteiger partial charge on any atom is -0.508 e. The van der Waals surface area contributed by atoms with Crippen molar-refractivity contribution in [1.29, 1.82) is 0 Å². The van der Waals surface area contributed by atoms with E-state index >= 15 is 0 Å². The Morgan fingerprint density at radius 1 is 1.64 bits per heavy atom. The number of nitrogens with two attached hydrogens (primary N) is 1. The van der Waals surface area contributed by atoms with Gasteiger partial charge in [0.05, 0.1) is 12.3 Å². The van der Waals surface area contributed by atoms with Crippen molar-refractivity contribution in [3.8, 4) is 11.5 Å². The number of rotatable bonds is 3. The Kier molecular flexibility index (Phi) is 2.00. The SMILES string of the molecule is CC1(COc2cc(O)ccc2N)CO1. The molecule has 1 aliphatic heterocycles. The van der Waals surface area contributed by atoms with Gasteiger partial charge in [-0.05, 0) is 19.1 Å². The van der Waals surface area contributed by atoms with Gasteiger partial charge in [-0.3, -0.25) is 0 Å². The monoisotopic (exact) mass is 195 g/mol. The lowest BCUT2D eigenvalue weighted by atomic mass is 10.2. The fourth-order valence-corrected chi connectivity index (χ4v) is 1.08. The number of phenolic OH excluding ortho intramolecular Hbond substituents is 1. The molecule has 1 aromatic rings. The van der Waals surface area contributed by atoms with Gasteiger partial charge in [0.1, 0.15) is 23.7 Å². The van der Waals surface area contributed by atoms with E-state index < -0.39 is 0 Å². The number of benzene rings is 1. The van der Waals surface area contributed by atoms with Gasteiger partial charge in [0, 0.05) is 6.07 Å². The summed E-state index contributed by atoms with van der Waals surface area (Å²) in [6, 6.07) is 4.64. The van der Waals surface area contributed by atoms with E-state index in [4.69, 9.17) is 15.2 Å². The zero-order valence-electron chi connectivity index (χ0n) is 7.99. The summed E-state index contributed by atoms with van der Waals surface area (Å²) in [7, 11) is 0. The molecule has 0 amide bonds. The van der Waals surface area contributed by atoms with E-state index in [9.17, 15) is 5.11 Å². The summed E-state index contributed by atoms with van der Waals surface area (Å²) in [4.78, 5) is 0. The third kappa shape index (κ3) is 1.90. The van der Waals surface area contributed by atoms with Crippen molar-refractivity contribution in [2.24, 2.45) is 0 Å². The number of hydrogen-bond donors (Lipinski definition) is 2. The lowest BCUT2D eigenvalue weighted by molar-refractivity contribution is 0.203. The fraction of sp³-hybridized carbons (Fsp3) is 0.400. The first-order chi connectivity index (χ1) is 6.59. The summed E-state index contributed by atoms with van der Waals surface area (Å²) in [5, 5.41) is 9.22. The van der Waals surface area contributed by atoms with Crippen LogP contribution < -0.4 is 10.5 Å². The van der Waals surface area contributed by atoms with Crippen LogP contribution >= 0.6 is 0 Å². The molecule has 0 radical (unpaired) electrons. The lowest BCUT2D eigenvalue weighted by Crippen LogP contribution is -2.17. The van der Waals surface area contributed by atoms with E-state index in [0.29, 0.717) is 24.7 Å². The molecule has 0 saturated carbocycles. The van der Waals surface area contributed by atoms with Crippen LogP contribution in [-0.2, 0) is 4.74 Å². The molecule has 1 heterocycles. The van der Waals surface area contributed by atoms with Gasteiger partial charge < -0.3 is 20.3 Å². The Bertz CT molecular complexity index is 347. The van der Waals surface area contributed by atoms with Gasteiger partial charge in [0.2, 0.25) is 0 Å². The van der Waals surface area contributed by atoms with Crippen molar-refractivity contribution in [2.45, 2.75) is 12.5 Å². The van der Waals surface area contributed by atoms with Gasteiger partial charge in [-0.15, -0.1) is 0 Å². The first-order valence-electron chi connectivity index (χ1n) is 4.44. The highest BCUT2D eigenvalue weighted by atomic mass is 16.6. The Morgan fingerprint density at radius 3 is 3.00 bits per heavy atom.